The molecular formula is C29H26N6O2S2. The van der Waals surface area contributed by atoms with Crippen molar-refractivity contribution in [3.63, 3.8) is 0 Å². The fraction of sp³-hybridized carbons (Fsp3) is 0.207. The number of carbonyl (C=O) groups is 2. The van der Waals surface area contributed by atoms with Crippen LogP contribution in [0.5, 0.6) is 0 Å². The van der Waals surface area contributed by atoms with E-state index in [9.17, 15) is 14.9 Å². The van der Waals surface area contributed by atoms with E-state index in [4.69, 9.17) is 5.73 Å². The third-order valence-corrected chi connectivity index (χ3v) is 8.61. The Morgan fingerprint density at radius 3 is 2.74 bits per heavy atom. The number of amides is 1. The lowest BCUT2D eigenvalue weighted by Crippen LogP contribution is -2.39. The maximum Gasteiger partial charge on any atom is 0.234 e. The summed E-state index contributed by atoms with van der Waals surface area (Å²) in [5.74, 6) is -0.251. The topological polar surface area (TPSA) is 125 Å². The molecule has 1 atom stereocenters. The van der Waals surface area contributed by atoms with Gasteiger partial charge >= 0.3 is 0 Å². The van der Waals surface area contributed by atoms with Crippen LogP contribution in [-0.4, -0.2) is 27.6 Å². The predicted octanol–water partition coefficient (Wildman–Crippen LogP) is 5.43. The first-order valence-corrected chi connectivity index (χ1v) is 14.3. The standard InChI is InChI=1S/C29H26N6O2S2/c1-18-8-5-6-11-22(18)32-25(37)17-38-29-34-33-28(39-29)35-23-12-7-13-24(36)26(23)20(21(16-30)27(35)31)15-14-19-9-3-2-4-10-19/h2-6,8-11,14-15,20H,7,12-13,17,31H2,1H3,(H,32,37)/b15-14+. The number of anilines is 2. The lowest BCUT2D eigenvalue weighted by Gasteiger charge is -2.37. The van der Waals surface area contributed by atoms with Crippen LogP contribution >= 0.6 is 23.1 Å². The molecular weight excluding hydrogens is 528 g/mol. The zero-order valence-corrected chi connectivity index (χ0v) is 22.9. The van der Waals surface area contributed by atoms with E-state index in [1.165, 1.54) is 23.1 Å². The summed E-state index contributed by atoms with van der Waals surface area (Å²) in [5.41, 5.74) is 11.0. The summed E-state index contributed by atoms with van der Waals surface area (Å²) < 4.78 is 0.589. The number of hydrogen-bond acceptors (Lipinski definition) is 9. The van der Waals surface area contributed by atoms with Crippen LogP contribution in [0.1, 0.15) is 30.4 Å². The third kappa shape index (κ3) is 5.65. The number of para-hydroxylation sites is 1. The summed E-state index contributed by atoms with van der Waals surface area (Å²) in [6.07, 6.45) is 5.55. The van der Waals surface area contributed by atoms with Gasteiger partial charge in [-0.15, -0.1) is 10.2 Å². The van der Waals surface area contributed by atoms with Crippen molar-refractivity contribution in [2.75, 3.05) is 16.0 Å². The molecule has 1 unspecified atom stereocenters. The second kappa shape index (κ2) is 11.7. The highest BCUT2D eigenvalue weighted by Crippen LogP contribution is 2.44. The zero-order valence-electron chi connectivity index (χ0n) is 21.3. The van der Waals surface area contributed by atoms with E-state index in [-0.39, 0.29) is 23.3 Å². The highest BCUT2D eigenvalue weighted by molar-refractivity contribution is 8.01. The largest absolute Gasteiger partial charge is 0.384 e. The number of nitriles is 1. The normalized spacial score (nSPS) is 17.4. The molecule has 0 spiro atoms. The Kier molecular flexibility index (Phi) is 7.91. The van der Waals surface area contributed by atoms with E-state index in [1.54, 1.807) is 4.90 Å². The van der Waals surface area contributed by atoms with Gasteiger partial charge in [0, 0.05) is 29.3 Å². The molecule has 0 bridgehead atoms. The van der Waals surface area contributed by atoms with Crippen LogP contribution in [0.15, 0.2) is 87.7 Å². The van der Waals surface area contributed by atoms with Gasteiger partial charge in [0.2, 0.25) is 11.0 Å². The number of aryl methyl sites for hydroxylation is 1. The average Bonchev–Trinajstić information content (AvgIpc) is 3.41. The van der Waals surface area contributed by atoms with Gasteiger partial charge in [-0.2, -0.15) is 5.26 Å². The van der Waals surface area contributed by atoms with Crippen LogP contribution in [0.4, 0.5) is 10.8 Å². The smallest absolute Gasteiger partial charge is 0.234 e. The van der Waals surface area contributed by atoms with E-state index in [2.05, 4.69) is 21.6 Å². The van der Waals surface area contributed by atoms with Crippen molar-refractivity contribution >= 4 is 51.7 Å². The van der Waals surface area contributed by atoms with Gasteiger partial charge in [0.05, 0.1) is 17.4 Å². The SMILES string of the molecule is Cc1ccccc1NC(=O)CSc1nnc(N2C(N)=C(C#N)C(/C=C/c3ccccc3)C3=C2CCCC3=O)s1. The highest BCUT2D eigenvalue weighted by Gasteiger charge is 2.39. The summed E-state index contributed by atoms with van der Waals surface area (Å²) in [6.45, 7) is 1.94. The molecule has 0 radical (unpaired) electrons. The molecule has 2 heterocycles. The molecule has 1 aromatic heterocycles. The van der Waals surface area contributed by atoms with E-state index in [0.717, 1.165) is 22.5 Å². The van der Waals surface area contributed by atoms with Crippen LogP contribution in [0.25, 0.3) is 6.08 Å². The number of hydrogen-bond donors (Lipinski definition) is 2. The van der Waals surface area contributed by atoms with E-state index in [0.29, 0.717) is 39.9 Å². The Hall–Kier alpha value is -4.20. The maximum absolute atomic E-state index is 13.2. The number of Topliss-reactive ketones (excluding diaryl/α,β-unsaturated/α-hetero) is 1. The summed E-state index contributed by atoms with van der Waals surface area (Å²) in [5, 5.41) is 22.1. The second-order valence-corrected chi connectivity index (χ2v) is 11.3. The Balaban J connectivity index is 1.39. The molecule has 2 aromatic carbocycles. The highest BCUT2D eigenvalue weighted by atomic mass is 32.2. The Labute approximate surface area is 234 Å². The van der Waals surface area contributed by atoms with Crippen molar-refractivity contribution in [2.24, 2.45) is 11.7 Å². The molecule has 0 saturated heterocycles. The van der Waals surface area contributed by atoms with Crippen molar-refractivity contribution in [3.05, 3.63) is 94.5 Å². The minimum Gasteiger partial charge on any atom is -0.384 e. The van der Waals surface area contributed by atoms with Crippen LogP contribution in [-0.2, 0) is 9.59 Å². The predicted molar refractivity (Wildman–Crippen MR) is 155 cm³/mol. The minimum atomic E-state index is -0.527. The Morgan fingerprint density at radius 1 is 1.21 bits per heavy atom. The monoisotopic (exact) mass is 554 g/mol. The van der Waals surface area contributed by atoms with Gasteiger partial charge in [-0.05, 0) is 37.0 Å². The molecule has 3 N–H and O–H groups in total. The van der Waals surface area contributed by atoms with Gasteiger partial charge in [0.15, 0.2) is 10.1 Å². The molecule has 1 amide bonds. The maximum atomic E-state index is 13.2. The van der Waals surface area contributed by atoms with Crippen molar-refractivity contribution in [2.45, 2.75) is 30.5 Å². The number of allylic oxidation sites excluding steroid dienone is 4. The average molecular weight is 555 g/mol. The van der Waals surface area contributed by atoms with Crippen LogP contribution in [0, 0.1) is 24.2 Å². The van der Waals surface area contributed by atoms with Crippen molar-refractivity contribution in [1.29, 1.82) is 5.26 Å². The number of nitrogens with two attached hydrogens (primary N) is 1. The lowest BCUT2D eigenvalue weighted by atomic mass is 9.79. The molecule has 10 heteroatoms. The Morgan fingerprint density at radius 2 is 1.97 bits per heavy atom. The van der Waals surface area contributed by atoms with E-state index >= 15 is 0 Å². The van der Waals surface area contributed by atoms with Gasteiger partial charge in [-0.3, -0.25) is 14.5 Å². The summed E-state index contributed by atoms with van der Waals surface area (Å²) in [7, 11) is 0. The van der Waals surface area contributed by atoms with Gasteiger partial charge in [-0.25, -0.2) is 0 Å². The summed E-state index contributed by atoms with van der Waals surface area (Å²) in [4.78, 5) is 27.4. The number of benzene rings is 2. The number of aromatic nitrogens is 2. The number of nitrogens with zero attached hydrogens (tertiary/aromatic N) is 4. The zero-order chi connectivity index (χ0) is 27.4. The number of thioether (sulfide) groups is 1. The van der Waals surface area contributed by atoms with Gasteiger partial charge in [0.1, 0.15) is 5.82 Å². The molecule has 1 aliphatic carbocycles. The molecule has 0 saturated carbocycles. The number of rotatable bonds is 7. The molecule has 8 nitrogen and oxygen atoms in total. The molecule has 39 heavy (non-hydrogen) atoms. The first-order chi connectivity index (χ1) is 19.0. The second-order valence-electron chi connectivity index (χ2n) is 9.13. The van der Waals surface area contributed by atoms with Crippen LogP contribution in [0.2, 0.25) is 0 Å². The third-order valence-electron chi connectivity index (χ3n) is 6.57. The van der Waals surface area contributed by atoms with Crippen molar-refractivity contribution < 1.29 is 9.59 Å². The summed E-state index contributed by atoms with van der Waals surface area (Å²) in [6, 6.07) is 19.6. The van der Waals surface area contributed by atoms with Gasteiger partial charge < -0.3 is 11.1 Å². The first kappa shape index (κ1) is 26.4. The van der Waals surface area contributed by atoms with E-state index in [1.807, 2.05) is 73.7 Å². The van der Waals surface area contributed by atoms with E-state index < -0.39 is 5.92 Å². The molecule has 196 valence electrons. The van der Waals surface area contributed by atoms with Gasteiger partial charge in [0.25, 0.3) is 0 Å². The lowest BCUT2D eigenvalue weighted by molar-refractivity contribution is -0.116. The van der Waals surface area contributed by atoms with Gasteiger partial charge in [-0.1, -0.05) is 83.8 Å². The number of nitrogens with one attached hydrogen (secondary N) is 1. The molecule has 1 aliphatic heterocycles. The fourth-order valence-corrected chi connectivity index (χ4v) is 6.37. The van der Waals surface area contributed by atoms with Crippen molar-refractivity contribution in [3.8, 4) is 6.07 Å². The van der Waals surface area contributed by atoms with Crippen LogP contribution in [0.3, 0.4) is 0 Å². The number of carbonyl (C=O) groups excluding carboxylic acids is 2. The molecule has 0 fully saturated rings. The molecule has 3 aromatic rings. The van der Waals surface area contributed by atoms with Crippen molar-refractivity contribution in [1.82, 2.24) is 10.2 Å². The molecule has 2 aliphatic rings. The minimum absolute atomic E-state index is 0.0104. The quantitative estimate of drug-likeness (QED) is 0.371. The fourth-order valence-electron chi connectivity index (χ4n) is 4.69. The summed E-state index contributed by atoms with van der Waals surface area (Å²) >= 11 is 2.55. The van der Waals surface area contributed by atoms with Crippen LogP contribution < -0.4 is 16.0 Å². The number of ketones is 1. The Bertz CT molecular complexity index is 1550. The molecule has 5 rings (SSSR count). The first-order valence-electron chi connectivity index (χ1n) is 12.5.